The summed E-state index contributed by atoms with van der Waals surface area (Å²) in [5.74, 6) is 0.675. The zero-order chi connectivity index (χ0) is 15.1. The monoisotopic (exact) mass is 349 g/mol. The number of methoxy groups -OCH3 is 1. The molecule has 2 aromatic heterocycles. The Balaban J connectivity index is 2.25. The molecule has 0 spiro atoms. The van der Waals surface area contributed by atoms with Gasteiger partial charge in [-0.3, -0.25) is 4.98 Å². The summed E-state index contributed by atoms with van der Waals surface area (Å²) in [6, 6.07) is 6.25. The number of nitrogens with zero attached hydrogens (tertiary/aromatic N) is 2. The second-order valence-corrected chi connectivity index (χ2v) is 5.74. The van der Waals surface area contributed by atoms with Crippen molar-refractivity contribution in [2.45, 2.75) is 25.8 Å². The van der Waals surface area contributed by atoms with Gasteiger partial charge in [-0.1, -0.05) is 13.0 Å². The van der Waals surface area contributed by atoms with Crippen molar-refractivity contribution in [2.24, 2.45) is 0 Å². The quantitative estimate of drug-likeness (QED) is 0.830. The van der Waals surface area contributed by atoms with Gasteiger partial charge in [0.15, 0.2) is 0 Å². The third kappa shape index (κ3) is 4.51. The van der Waals surface area contributed by atoms with Crippen molar-refractivity contribution in [3.05, 3.63) is 52.4 Å². The van der Waals surface area contributed by atoms with Gasteiger partial charge in [0.25, 0.3) is 0 Å². The van der Waals surface area contributed by atoms with E-state index in [4.69, 9.17) is 4.74 Å². The minimum absolute atomic E-state index is 0.157. The average molecular weight is 350 g/mol. The van der Waals surface area contributed by atoms with Crippen molar-refractivity contribution in [2.75, 3.05) is 13.7 Å². The van der Waals surface area contributed by atoms with E-state index in [-0.39, 0.29) is 6.04 Å². The molecule has 21 heavy (non-hydrogen) atoms. The predicted molar refractivity (Wildman–Crippen MR) is 87.5 cm³/mol. The molecule has 1 atom stereocenters. The van der Waals surface area contributed by atoms with Crippen molar-refractivity contribution in [3.63, 3.8) is 0 Å². The minimum Gasteiger partial charge on any atom is -0.481 e. The van der Waals surface area contributed by atoms with Crippen LogP contribution in [0.25, 0.3) is 0 Å². The fourth-order valence-corrected chi connectivity index (χ4v) is 2.67. The van der Waals surface area contributed by atoms with E-state index in [0.29, 0.717) is 5.88 Å². The molecule has 2 heterocycles. The Morgan fingerprint density at radius 3 is 2.95 bits per heavy atom. The van der Waals surface area contributed by atoms with Crippen LogP contribution < -0.4 is 10.1 Å². The first-order valence-electron chi connectivity index (χ1n) is 7.06. The van der Waals surface area contributed by atoms with Gasteiger partial charge in [0.05, 0.1) is 7.11 Å². The maximum absolute atomic E-state index is 5.39. The second kappa shape index (κ2) is 8.10. The number of rotatable bonds is 7. The summed E-state index contributed by atoms with van der Waals surface area (Å²) in [7, 11) is 1.66. The van der Waals surface area contributed by atoms with Crippen molar-refractivity contribution in [1.29, 1.82) is 0 Å². The van der Waals surface area contributed by atoms with Gasteiger partial charge in [-0.05, 0) is 53.0 Å². The molecule has 0 saturated heterocycles. The maximum atomic E-state index is 5.39. The van der Waals surface area contributed by atoms with Crippen LogP contribution in [-0.4, -0.2) is 23.6 Å². The van der Waals surface area contributed by atoms with Crippen LogP contribution in [0.4, 0.5) is 0 Å². The lowest BCUT2D eigenvalue weighted by molar-refractivity contribution is 0.381. The summed E-state index contributed by atoms with van der Waals surface area (Å²) in [6.45, 7) is 3.11. The van der Waals surface area contributed by atoms with Gasteiger partial charge in [0.2, 0.25) is 5.88 Å². The Morgan fingerprint density at radius 2 is 2.24 bits per heavy atom. The largest absolute Gasteiger partial charge is 0.481 e. The summed E-state index contributed by atoms with van der Waals surface area (Å²) >= 11 is 3.47. The molecular formula is C16H20BrN3O. The topological polar surface area (TPSA) is 47.0 Å². The summed E-state index contributed by atoms with van der Waals surface area (Å²) in [5.41, 5.74) is 2.25. The van der Waals surface area contributed by atoms with Gasteiger partial charge in [-0.25, -0.2) is 4.98 Å². The Hall–Kier alpha value is -1.46. The highest BCUT2D eigenvalue weighted by molar-refractivity contribution is 9.10. The number of hydrogen-bond donors (Lipinski definition) is 1. The zero-order valence-electron chi connectivity index (χ0n) is 12.3. The molecule has 112 valence electrons. The fraction of sp³-hybridized carbons (Fsp3) is 0.375. The lowest BCUT2D eigenvalue weighted by Crippen LogP contribution is -2.25. The standard InChI is InChI=1S/C16H20BrN3O/c1-3-6-19-15(9-12-8-13(17)11-18-10-12)14-5-4-7-20-16(14)21-2/h4-5,7-8,10-11,15,19H,3,6,9H2,1-2H3. The Morgan fingerprint density at radius 1 is 1.38 bits per heavy atom. The second-order valence-electron chi connectivity index (χ2n) is 4.82. The molecule has 0 saturated carbocycles. The van der Waals surface area contributed by atoms with Crippen LogP contribution >= 0.6 is 15.9 Å². The number of hydrogen-bond acceptors (Lipinski definition) is 4. The smallest absolute Gasteiger partial charge is 0.217 e. The molecule has 0 fully saturated rings. The lowest BCUT2D eigenvalue weighted by atomic mass is 10.0. The zero-order valence-corrected chi connectivity index (χ0v) is 13.9. The van der Waals surface area contributed by atoms with E-state index < -0.39 is 0 Å². The van der Waals surface area contributed by atoms with Crippen molar-refractivity contribution >= 4 is 15.9 Å². The molecule has 0 bridgehead atoms. The third-order valence-electron chi connectivity index (χ3n) is 3.21. The summed E-state index contributed by atoms with van der Waals surface area (Å²) in [4.78, 5) is 8.53. The van der Waals surface area contributed by atoms with E-state index in [1.807, 2.05) is 12.3 Å². The van der Waals surface area contributed by atoms with E-state index in [9.17, 15) is 0 Å². The first-order chi connectivity index (χ1) is 10.2. The first kappa shape index (κ1) is 15.9. The van der Waals surface area contributed by atoms with Crippen LogP contribution in [-0.2, 0) is 6.42 Å². The van der Waals surface area contributed by atoms with E-state index >= 15 is 0 Å². The molecule has 0 radical (unpaired) electrons. The van der Waals surface area contributed by atoms with Crippen LogP contribution in [0.15, 0.2) is 41.3 Å². The Kier molecular flexibility index (Phi) is 6.14. The van der Waals surface area contributed by atoms with Gasteiger partial charge in [-0.15, -0.1) is 0 Å². The van der Waals surface area contributed by atoms with E-state index in [2.05, 4.69) is 50.3 Å². The van der Waals surface area contributed by atoms with Crippen molar-refractivity contribution in [3.8, 4) is 5.88 Å². The van der Waals surface area contributed by atoms with Crippen LogP contribution in [0.2, 0.25) is 0 Å². The molecular weight excluding hydrogens is 330 g/mol. The van der Waals surface area contributed by atoms with Crippen molar-refractivity contribution in [1.82, 2.24) is 15.3 Å². The summed E-state index contributed by atoms with van der Waals surface area (Å²) in [6.07, 6.45) is 7.36. The summed E-state index contributed by atoms with van der Waals surface area (Å²) < 4.78 is 6.38. The van der Waals surface area contributed by atoms with Crippen LogP contribution in [0.3, 0.4) is 0 Å². The molecule has 0 aliphatic rings. The molecule has 0 aromatic carbocycles. The first-order valence-corrected chi connectivity index (χ1v) is 7.85. The van der Waals surface area contributed by atoms with Crippen LogP contribution in [0, 0.1) is 0 Å². The van der Waals surface area contributed by atoms with Gasteiger partial charge in [-0.2, -0.15) is 0 Å². The number of halogens is 1. The van der Waals surface area contributed by atoms with Crippen LogP contribution in [0.1, 0.15) is 30.5 Å². The number of aromatic nitrogens is 2. The van der Waals surface area contributed by atoms with E-state index in [1.165, 1.54) is 5.56 Å². The van der Waals surface area contributed by atoms with Gasteiger partial charge < -0.3 is 10.1 Å². The normalized spacial score (nSPS) is 12.1. The average Bonchev–Trinajstić information content (AvgIpc) is 2.51. The molecule has 4 nitrogen and oxygen atoms in total. The molecule has 0 aliphatic heterocycles. The highest BCUT2D eigenvalue weighted by atomic mass is 79.9. The Labute approximate surface area is 134 Å². The van der Waals surface area contributed by atoms with Crippen molar-refractivity contribution < 1.29 is 4.74 Å². The molecule has 2 aromatic rings. The molecule has 2 rings (SSSR count). The fourth-order valence-electron chi connectivity index (χ4n) is 2.25. The number of pyridine rings is 2. The maximum Gasteiger partial charge on any atom is 0.217 e. The lowest BCUT2D eigenvalue weighted by Gasteiger charge is -2.20. The predicted octanol–water partition coefficient (Wildman–Crippen LogP) is 3.53. The number of ether oxygens (including phenoxy) is 1. The van der Waals surface area contributed by atoms with Gasteiger partial charge in [0.1, 0.15) is 0 Å². The molecule has 0 aliphatic carbocycles. The minimum atomic E-state index is 0.157. The highest BCUT2D eigenvalue weighted by Gasteiger charge is 2.17. The molecule has 1 unspecified atom stereocenters. The van der Waals surface area contributed by atoms with E-state index in [1.54, 1.807) is 19.5 Å². The molecule has 1 N–H and O–H groups in total. The summed E-state index contributed by atoms with van der Waals surface area (Å²) in [5, 5.41) is 3.57. The number of nitrogens with one attached hydrogen (secondary N) is 1. The van der Waals surface area contributed by atoms with Gasteiger partial charge >= 0.3 is 0 Å². The Bertz CT molecular complexity index is 577. The molecule has 0 amide bonds. The van der Waals surface area contributed by atoms with E-state index in [0.717, 1.165) is 29.4 Å². The SMILES string of the molecule is CCCNC(Cc1cncc(Br)c1)c1cccnc1OC. The van der Waals surface area contributed by atoms with Gasteiger partial charge in [0, 0.05) is 34.7 Å². The van der Waals surface area contributed by atoms with Crippen LogP contribution in [0.5, 0.6) is 5.88 Å². The highest BCUT2D eigenvalue weighted by Crippen LogP contribution is 2.26. The molecule has 5 heteroatoms. The third-order valence-corrected chi connectivity index (χ3v) is 3.65.